The number of methoxy groups -OCH3 is 2. The molecule has 0 amide bonds. The summed E-state index contributed by atoms with van der Waals surface area (Å²) in [5, 5.41) is 0. The van der Waals surface area contributed by atoms with Crippen molar-refractivity contribution in [2.24, 2.45) is 0 Å². The molecule has 2 rings (SSSR count). The van der Waals surface area contributed by atoms with Crippen molar-refractivity contribution in [1.82, 2.24) is 4.98 Å². The zero-order chi connectivity index (χ0) is 21.7. The first-order chi connectivity index (χ1) is 13.5. The molecule has 26 heavy (non-hydrogen) atoms. The summed E-state index contributed by atoms with van der Waals surface area (Å²) in [6.07, 6.45) is -3.61. The average Bonchev–Trinajstić information content (AvgIpc) is 2.63. The molecule has 0 fully saturated rings. The fourth-order valence-electron chi connectivity index (χ4n) is 2.11. The molecule has 1 aromatic heterocycles. The van der Waals surface area contributed by atoms with Crippen molar-refractivity contribution in [3.63, 3.8) is 0 Å². The Hall–Kier alpha value is -3.03. The van der Waals surface area contributed by atoms with Gasteiger partial charge in [-0.1, -0.05) is 30.3 Å². The molecule has 0 atom stereocenters. The van der Waals surface area contributed by atoms with Gasteiger partial charge >= 0.3 is 12.1 Å². The summed E-state index contributed by atoms with van der Waals surface area (Å²) in [6, 6.07) is 9.45. The second-order valence-electron chi connectivity index (χ2n) is 4.96. The van der Waals surface area contributed by atoms with E-state index in [1.807, 2.05) is 0 Å². The van der Waals surface area contributed by atoms with Crippen LogP contribution in [0.3, 0.4) is 0 Å². The van der Waals surface area contributed by atoms with Crippen molar-refractivity contribution in [2.75, 3.05) is 14.1 Å². The Balaban J connectivity index is 2.28. The number of aromatic nitrogens is 1. The smallest absolute Gasteiger partial charge is 0.433 e. The first-order valence-electron chi connectivity index (χ1n) is 8.73. The van der Waals surface area contributed by atoms with Gasteiger partial charge in [0.15, 0.2) is 0 Å². The van der Waals surface area contributed by atoms with Crippen LogP contribution in [0.2, 0.25) is 0 Å². The summed E-state index contributed by atoms with van der Waals surface area (Å²) >= 11 is 0. The fourth-order valence-corrected chi connectivity index (χ4v) is 2.11. The third-order valence-electron chi connectivity index (χ3n) is 3.25. The van der Waals surface area contributed by atoms with Gasteiger partial charge in [-0.25, -0.2) is 9.78 Å². The number of rotatable bonds is 6. The predicted molar refractivity (Wildman–Crippen MR) is 87.0 cm³/mol. The van der Waals surface area contributed by atoms with Gasteiger partial charge < -0.3 is 14.2 Å². The second kappa shape index (κ2) is 8.37. The monoisotopic (exact) mass is 370 g/mol. The lowest BCUT2D eigenvalue weighted by Crippen LogP contribution is -2.10. The molecule has 138 valence electrons. The van der Waals surface area contributed by atoms with Gasteiger partial charge in [0, 0.05) is 6.07 Å². The number of nitrogens with zero attached hydrogens (tertiary/aromatic N) is 1. The van der Waals surface area contributed by atoms with E-state index in [1.54, 1.807) is 18.2 Å². The molecule has 8 heteroatoms. The van der Waals surface area contributed by atoms with Gasteiger partial charge in [-0.3, -0.25) is 0 Å². The Morgan fingerprint density at radius 1 is 1.23 bits per heavy atom. The number of ether oxygens (including phenoxy) is 3. The minimum atomic E-state index is -4.62. The molecule has 0 saturated heterocycles. The molecule has 5 nitrogen and oxygen atoms in total. The van der Waals surface area contributed by atoms with Crippen LogP contribution in [0.1, 0.15) is 20.9 Å². The van der Waals surface area contributed by atoms with E-state index >= 15 is 0 Å². The van der Waals surface area contributed by atoms with E-state index in [4.69, 9.17) is 13.6 Å². The molecular weight excluding hydrogens is 351 g/mol. The third-order valence-corrected chi connectivity index (χ3v) is 3.25. The van der Waals surface area contributed by atoms with Gasteiger partial charge in [0.25, 0.3) is 0 Å². The molecule has 0 spiro atoms. The minimum Gasteiger partial charge on any atom is -0.503 e. The average molecular weight is 370 g/mol. The van der Waals surface area contributed by atoms with E-state index in [9.17, 15) is 18.0 Å². The van der Waals surface area contributed by atoms with Crippen LogP contribution in [-0.4, -0.2) is 25.1 Å². The van der Waals surface area contributed by atoms with Gasteiger partial charge in [-0.05, 0) is 17.2 Å². The second-order valence-corrected chi connectivity index (χ2v) is 4.96. The molecule has 2 aromatic rings. The minimum absolute atomic E-state index is 0.195. The summed E-state index contributed by atoms with van der Waals surface area (Å²) in [4.78, 5) is 15.6. The standard InChI is InChI=1S/C18H16F3NO4/c1-24-11-14(17(23)25-2)13-7-4-3-6-12(13)10-26-16-9-5-8-15(22-16)18(19,20)21/h3-9,11H,10H2,1-2H3/b14-11+/i2D3. The van der Waals surface area contributed by atoms with E-state index in [-0.39, 0.29) is 23.6 Å². The molecule has 0 N–H and O–H groups in total. The number of carbonyl (C=O) groups is 1. The highest BCUT2D eigenvalue weighted by atomic mass is 19.4. The number of esters is 1. The summed E-state index contributed by atoms with van der Waals surface area (Å²) in [7, 11) is -1.70. The highest BCUT2D eigenvalue weighted by molar-refractivity contribution is 6.16. The van der Waals surface area contributed by atoms with E-state index < -0.39 is 24.9 Å². The van der Waals surface area contributed by atoms with E-state index in [0.717, 1.165) is 18.4 Å². The maximum atomic E-state index is 12.8. The van der Waals surface area contributed by atoms with Crippen molar-refractivity contribution in [3.05, 3.63) is 65.5 Å². The molecule has 0 saturated carbocycles. The zero-order valence-corrected chi connectivity index (χ0v) is 13.5. The highest BCUT2D eigenvalue weighted by Gasteiger charge is 2.32. The normalized spacial score (nSPS) is 14.0. The molecule has 0 aliphatic carbocycles. The van der Waals surface area contributed by atoms with Crippen molar-refractivity contribution >= 4 is 11.5 Å². The van der Waals surface area contributed by atoms with Crippen molar-refractivity contribution < 1.29 is 36.3 Å². The molecule has 0 radical (unpaired) electrons. The van der Waals surface area contributed by atoms with Crippen LogP contribution in [-0.2, 0) is 27.1 Å². The summed E-state index contributed by atoms with van der Waals surface area (Å²) in [5.41, 5.74) is -0.697. The number of halogens is 3. The summed E-state index contributed by atoms with van der Waals surface area (Å²) in [6.45, 7) is -0.243. The van der Waals surface area contributed by atoms with Crippen molar-refractivity contribution in [2.45, 2.75) is 12.8 Å². The Kier molecular flexibility index (Phi) is 4.91. The largest absolute Gasteiger partial charge is 0.503 e. The SMILES string of the molecule is [2H]C([2H])([2H])OC(=O)/C(=C/OC)c1ccccc1COc1cccc(C(F)(F)F)n1. The van der Waals surface area contributed by atoms with Crippen molar-refractivity contribution in [3.8, 4) is 5.88 Å². The Bertz CT molecular complexity index is 898. The molecule has 0 aliphatic heterocycles. The first-order valence-corrected chi connectivity index (χ1v) is 7.23. The predicted octanol–water partition coefficient (Wildman–Crippen LogP) is 3.84. The van der Waals surface area contributed by atoms with E-state index in [1.165, 1.54) is 19.2 Å². The highest BCUT2D eigenvalue weighted by Crippen LogP contribution is 2.29. The van der Waals surface area contributed by atoms with Crippen LogP contribution in [0.25, 0.3) is 5.57 Å². The molecule has 1 aromatic carbocycles. The van der Waals surface area contributed by atoms with E-state index in [0.29, 0.717) is 5.56 Å². The number of hydrogen-bond donors (Lipinski definition) is 0. The quantitative estimate of drug-likeness (QED) is 0.439. The van der Waals surface area contributed by atoms with Crippen LogP contribution in [0.5, 0.6) is 5.88 Å². The number of benzene rings is 1. The number of hydrogen-bond acceptors (Lipinski definition) is 5. The maximum absolute atomic E-state index is 12.8. The molecule has 0 aliphatic rings. The summed E-state index contributed by atoms with van der Waals surface area (Å²) in [5.74, 6) is -1.42. The van der Waals surface area contributed by atoms with E-state index in [2.05, 4.69) is 9.72 Å². The zero-order valence-electron chi connectivity index (χ0n) is 16.5. The van der Waals surface area contributed by atoms with Gasteiger partial charge in [0.2, 0.25) is 5.88 Å². The Morgan fingerprint density at radius 3 is 2.69 bits per heavy atom. The first kappa shape index (κ1) is 15.2. The fraction of sp³-hybridized carbons (Fsp3) is 0.222. The lowest BCUT2D eigenvalue weighted by molar-refractivity contribution is -0.141. The maximum Gasteiger partial charge on any atom is 0.433 e. The lowest BCUT2D eigenvalue weighted by Gasteiger charge is -2.13. The van der Waals surface area contributed by atoms with Gasteiger partial charge in [0.05, 0.1) is 24.5 Å². The molecule has 0 unspecified atom stereocenters. The lowest BCUT2D eigenvalue weighted by atomic mass is 10.0. The number of alkyl halides is 3. The van der Waals surface area contributed by atoms with Gasteiger partial charge in [0.1, 0.15) is 17.9 Å². The van der Waals surface area contributed by atoms with Crippen LogP contribution in [0, 0.1) is 0 Å². The van der Waals surface area contributed by atoms with Crippen LogP contribution in [0.15, 0.2) is 48.7 Å². The van der Waals surface area contributed by atoms with Crippen LogP contribution in [0.4, 0.5) is 13.2 Å². The van der Waals surface area contributed by atoms with Crippen molar-refractivity contribution in [1.29, 1.82) is 0 Å². The molecular formula is C18H16F3NO4. The Labute approximate surface area is 152 Å². The molecule has 0 bridgehead atoms. The summed E-state index contributed by atoms with van der Waals surface area (Å²) < 4.78 is 74.1. The molecule has 1 heterocycles. The number of pyridine rings is 1. The third kappa shape index (κ3) is 4.75. The van der Waals surface area contributed by atoms with Gasteiger partial charge in [-0.2, -0.15) is 13.2 Å². The van der Waals surface area contributed by atoms with Crippen LogP contribution < -0.4 is 4.74 Å². The van der Waals surface area contributed by atoms with Gasteiger partial charge in [-0.15, -0.1) is 0 Å². The van der Waals surface area contributed by atoms with Crippen LogP contribution >= 0.6 is 0 Å². The Morgan fingerprint density at radius 2 is 2.00 bits per heavy atom. The topological polar surface area (TPSA) is 57.7 Å². The number of carbonyl (C=O) groups excluding carboxylic acids is 1.